The van der Waals surface area contributed by atoms with E-state index in [1.807, 2.05) is 44.2 Å². The van der Waals surface area contributed by atoms with Crippen LogP contribution in [0.4, 0.5) is 5.82 Å². The summed E-state index contributed by atoms with van der Waals surface area (Å²) in [6, 6.07) is 9.71. The van der Waals surface area contributed by atoms with Gasteiger partial charge in [-0.3, -0.25) is 4.79 Å². The van der Waals surface area contributed by atoms with Crippen molar-refractivity contribution in [3.63, 3.8) is 0 Å². The topological polar surface area (TPSA) is 55.1 Å². The summed E-state index contributed by atoms with van der Waals surface area (Å²) in [6.45, 7) is 3.94. The van der Waals surface area contributed by atoms with E-state index in [2.05, 4.69) is 10.3 Å². The fourth-order valence-corrected chi connectivity index (χ4v) is 2.30. The number of pyridine rings is 1. The highest BCUT2D eigenvalue weighted by atomic mass is 16.3. The number of aromatic nitrogens is 1. The fourth-order valence-electron chi connectivity index (χ4n) is 2.30. The lowest BCUT2D eigenvalue weighted by Crippen LogP contribution is -2.15. The lowest BCUT2D eigenvalue weighted by Gasteiger charge is -2.06. The predicted octanol–water partition coefficient (Wildman–Crippen LogP) is 3.63. The number of furan rings is 1. The van der Waals surface area contributed by atoms with Gasteiger partial charge in [0, 0.05) is 17.1 Å². The van der Waals surface area contributed by atoms with Crippen molar-refractivity contribution < 1.29 is 9.21 Å². The smallest absolute Gasteiger partial charge is 0.230 e. The van der Waals surface area contributed by atoms with Crippen molar-refractivity contribution in [1.29, 1.82) is 0 Å². The zero-order valence-corrected chi connectivity index (χ0v) is 12.0. The van der Waals surface area contributed by atoms with Crippen molar-refractivity contribution >= 4 is 22.7 Å². The minimum absolute atomic E-state index is 0.0963. The standard InChI is InChI=1S/C17H16N2O2/c1-11-5-6-15-14(8-11)13(10-21-15)9-16(20)19-17-12(2)4-3-7-18-17/h3-8,10H,9H2,1-2H3,(H,18,19,20). The van der Waals surface area contributed by atoms with Crippen molar-refractivity contribution in [3.8, 4) is 0 Å². The maximum atomic E-state index is 12.2. The van der Waals surface area contributed by atoms with Crippen LogP contribution in [0.3, 0.4) is 0 Å². The van der Waals surface area contributed by atoms with Crippen LogP contribution >= 0.6 is 0 Å². The van der Waals surface area contributed by atoms with Gasteiger partial charge < -0.3 is 9.73 Å². The molecule has 3 aromatic rings. The number of amides is 1. The van der Waals surface area contributed by atoms with Crippen molar-refractivity contribution in [3.05, 3.63) is 59.5 Å². The zero-order chi connectivity index (χ0) is 14.8. The molecule has 0 aliphatic carbocycles. The number of anilines is 1. The normalized spacial score (nSPS) is 10.8. The lowest BCUT2D eigenvalue weighted by molar-refractivity contribution is -0.115. The number of fused-ring (bicyclic) bond motifs is 1. The quantitative estimate of drug-likeness (QED) is 0.797. The fraction of sp³-hybridized carbons (Fsp3) is 0.176. The second-order valence-electron chi connectivity index (χ2n) is 5.15. The first-order valence-corrected chi connectivity index (χ1v) is 6.81. The monoisotopic (exact) mass is 280 g/mol. The molecule has 4 nitrogen and oxygen atoms in total. The maximum absolute atomic E-state index is 12.2. The van der Waals surface area contributed by atoms with Crippen molar-refractivity contribution in [2.24, 2.45) is 0 Å². The highest BCUT2D eigenvalue weighted by molar-refractivity contribution is 5.95. The number of nitrogens with one attached hydrogen (secondary N) is 1. The zero-order valence-electron chi connectivity index (χ0n) is 12.0. The molecule has 2 aromatic heterocycles. The summed E-state index contributed by atoms with van der Waals surface area (Å²) in [7, 11) is 0. The lowest BCUT2D eigenvalue weighted by atomic mass is 10.1. The molecule has 0 spiro atoms. The van der Waals surface area contributed by atoms with Gasteiger partial charge >= 0.3 is 0 Å². The minimum Gasteiger partial charge on any atom is -0.464 e. The first-order valence-electron chi connectivity index (χ1n) is 6.81. The van der Waals surface area contributed by atoms with Crippen LogP contribution in [0.2, 0.25) is 0 Å². The second kappa shape index (κ2) is 5.40. The van der Waals surface area contributed by atoms with Crippen LogP contribution < -0.4 is 5.32 Å². The Bertz CT molecular complexity index is 805. The molecule has 1 amide bonds. The van der Waals surface area contributed by atoms with Gasteiger partial charge in [0.1, 0.15) is 11.4 Å². The second-order valence-corrected chi connectivity index (χ2v) is 5.15. The van der Waals surface area contributed by atoms with E-state index >= 15 is 0 Å². The molecule has 0 fully saturated rings. The first kappa shape index (κ1) is 13.4. The predicted molar refractivity (Wildman–Crippen MR) is 82.3 cm³/mol. The number of carbonyl (C=O) groups excluding carboxylic acids is 1. The summed E-state index contributed by atoms with van der Waals surface area (Å²) in [5.41, 5.74) is 3.78. The van der Waals surface area contributed by atoms with E-state index in [0.29, 0.717) is 5.82 Å². The molecule has 4 heteroatoms. The van der Waals surface area contributed by atoms with Crippen LogP contribution in [0, 0.1) is 13.8 Å². The highest BCUT2D eigenvalue weighted by Crippen LogP contribution is 2.23. The third kappa shape index (κ3) is 2.79. The maximum Gasteiger partial charge on any atom is 0.230 e. The molecule has 3 rings (SSSR count). The van der Waals surface area contributed by atoms with Crippen molar-refractivity contribution in [2.45, 2.75) is 20.3 Å². The first-order chi connectivity index (χ1) is 10.1. The van der Waals surface area contributed by atoms with Gasteiger partial charge in [-0.2, -0.15) is 0 Å². The SMILES string of the molecule is Cc1ccc2occ(CC(=O)Nc3ncccc3C)c2c1. The number of hydrogen-bond donors (Lipinski definition) is 1. The van der Waals surface area contributed by atoms with Gasteiger partial charge in [-0.15, -0.1) is 0 Å². The average Bonchev–Trinajstić information content (AvgIpc) is 2.84. The molecule has 1 N–H and O–H groups in total. The van der Waals surface area contributed by atoms with Crippen molar-refractivity contribution in [1.82, 2.24) is 4.98 Å². The molecular formula is C17H16N2O2. The van der Waals surface area contributed by atoms with Gasteiger partial charge in [-0.25, -0.2) is 4.98 Å². The molecule has 21 heavy (non-hydrogen) atoms. The number of carbonyl (C=O) groups is 1. The number of benzene rings is 1. The van der Waals surface area contributed by atoms with E-state index < -0.39 is 0 Å². The Balaban J connectivity index is 1.80. The van der Waals surface area contributed by atoms with Crippen LogP contribution in [0.1, 0.15) is 16.7 Å². The summed E-state index contributed by atoms with van der Waals surface area (Å²) < 4.78 is 5.48. The Hall–Kier alpha value is -2.62. The molecule has 2 heterocycles. The third-order valence-corrected chi connectivity index (χ3v) is 3.43. The molecule has 106 valence electrons. The third-order valence-electron chi connectivity index (χ3n) is 3.43. The Kier molecular flexibility index (Phi) is 3.44. The minimum atomic E-state index is -0.0963. The van der Waals surface area contributed by atoms with Gasteiger partial charge in [0.2, 0.25) is 5.91 Å². The Labute approximate surface area is 122 Å². The summed E-state index contributed by atoms with van der Waals surface area (Å²) in [5.74, 6) is 0.507. The van der Waals surface area contributed by atoms with E-state index in [1.165, 1.54) is 0 Å². The molecular weight excluding hydrogens is 264 g/mol. The molecule has 0 atom stereocenters. The molecule has 0 saturated heterocycles. The number of aryl methyl sites for hydroxylation is 2. The summed E-state index contributed by atoms with van der Waals surface area (Å²) in [5, 5.41) is 3.82. The van der Waals surface area contributed by atoms with Gasteiger partial charge in [-0.1, -0.05) is 17.7 Å². The Morgan fingerprint density at radius 3 is 2.95 bits per heavy atom. The van der Waals surface area contributed by atoms with Gasteiger partial charge in [0.05, 0.1) is 12.7 Å². The highest BCUT2D eigenvalue weighted by Gasteiger charge is 2.12. The number of hydrogen-bond acceptors (Lipinski definition) is 3. The Morgan fingerprint density at radius 2 is 2.14 bits per heavy atom. The van der Waals surface area contributed by atoms with Gasteiger partial charge in [-0.05, 0) is 37.6 Å². The molecule has 0 radical (unpaired) electrons. The van der Waals surface area contributed by atoms with E-state index in [9.17, 15) is 4.79 Å². The van der Waals surface area contributed by atoms with Crippen molar-refractivity contribution in [2.75, 3.05) is 5.32 Å². The number of nitrogens with zero attached hydrogens (tertiary/aromatic N) is 1. The van der Waals surface area contributed by atoms with E-state index in [1.54, 1.807) is 12.5 Å². The summed E-state index contributed by atoms with van der Waals surface area (Å²) >= 11 is 0. The van der Waals surface area contributed by atoms with Gasteiger partial charge in [0.25, 0.3) is 0 Å². The van der Waals surface area contributed by atoms with Crippen LogP contribution in [0.15, 0.2) is 47.2 Å². The van der Waals surface area contributed by atoms with Crippen LogP contribution in [0.5, 0.6) is 0 Å². The van der Waals surface area contributed by atoms with Crippen LogP contribution in [-0.2, 0) is 11.2 Å². The van der Waals surface area contributed by atoms with Gasteiger partial charge in [0.15, 0.2) is 0 Å². The Morgan fingerprint density at radius 1 is 1.29 bits per heavy atom. The summed E-state index contributed by atoms with van der Waals surface area (Å²) in [6.07, 6.45) is 3.58. The average molecular weight is 280 g/mol. The van der Waals surface area contributed by atoms with E-state index in [4.69, 9.17) is 4.42 Å². The van der Waals surface area contributed by atoms with E-state index in [0.717, 1.165) is 27.7 Å². The largest absolute Gasteiger partial charge is 0.464 e. The molecule has 0 saturated carbocycles. The molecule has 0 aliphatic rings. The van der Waals surface area contributed by atoms with Crippen LogP contribution in [0.25, 0.3) is 11.0 Å². The van der Waals surface area contributed by atoms with E-state index in [-0.39, 0.29) is 12.3 Å². The molecule has 0 unspecified atom stereocenters. The molecule has 0 bridgehead atoms. The molecule has 1 aromatic carbocycles. The van der Waals surface area contributed by atoms with Crippen LogP contribution in [-0.4, -0.2) is 10.9 Å². The summed E-state index contributed by atoms with van der Waals surface area (Å²) in [4.78, 5) is 16.3. The molecule has 0 aliphatic heterocycles. The number of rotatable bonds is 3.